The van der Waals surface area contributed by atoms with Gasteiger partial charge in [0.15, 0.2) is 0 Å². The highest BCUT2D eigenvalue weighted by molar-refractivity contribution is 6.30. The smallest absolute Gasteiger partial charge is 0.130 e. The largest absolute Gasteiger partial charge is 0.468 e. The van der Waals surface area contributed by atoms with Crippen LogP contribution in [0.15, 0.2) is 22.8 Å². The van der Waals surface area contributed by atoms with Gasteiger partial charge >= 0.3 is 0 Å². The summed E-state index contributed by atoms with van der Waals surface area (Å²) < 4.78 is 7.23. The second-order valence-corrected chi connectivity index (χ2v) is 5.06. The van der Waals surface area contributed by atoms with E-state index in [4.69, 9.17) is 16.0 Å². The topological polar surface area (TPSA) is 43.0 Å². The zero-order chi connectivity index (χ0) is 13.8. The van der Waals surface area contributed by atoms with Gasteiger partial charge in [0.2, 0.25) is 0 Å². The Labute approximate surface area is 118 Å². The van der Waals surface area contributed by atoms with Crippen molar-refractivity contribution in [2.75, 3.05) is 6.54 Å². The fourth-order valence-corrected chi connectivity index (χ4v) is 2.44. The number of nitrogens with zero attached hydrogens (tertiary/aromatic N) is 2. The van der Waals surface area contributed by atoms with Crippen LogP contribution in [0.5, 0.6) is 0 Å². The molecule has 4 nitrogen and oxygen atoms in total. The van der Waals surface area contributed by atoms with Crippen LogP contribution in [0.2, 0.25) is 5.15 Å². The van der Waals surface area contributed by atoms with Crippen LogP contribution in [0, 0.1) is 6.92 Å². The summed E-state index contributed by atoms with van der Waals surface area (Å²) in [4.78, 5) is 0. The lowest BCUT2D eigenvalue weighted by Crippen LogP contribution is -2.24. The Balaban J connectivity index is 2.20. The molecule has 0 aliphatic rings. The molecule has 104 valence electrons. The fraction of sp³-hybridized carbons (Fsp3) is 0.500. The molecule has 2 heterocycles. The molecule has 0 aliphatic heterocycles. The first-order valence-electron chi connectivity index (χ1n) is 6.58. The van der Waals surface area contributed by atoms with Crippen molar-refractivity contribution < 1.29 is 4.42 Å². The van der Waals surface area contributed by atoms with Gasteiger partial charge in [-0.15, -0.1) is 0 Å². The lowest BCUT2D eigenvalue weighted by molar-refractivity contribution is 0.410. The number of halogens is 1. The van der Waals surface area contributed by atoms with Gasteiger partial charge in [0, 0.05) is 12.6 Å². The molecule has 0 saturated heterocycles. The molecule has 0 amide bonds. The summed E-state index contributed by atoms with van der Waals surface area (Å²) in [5.41, 5.74) is 2.05. The molecular weight excluding hydrogens is 262 g/mol. The molecule has 1 atom stereocenters. The van der Waals surface area contributed by atoms with Crippen molar-refractivity contribution in [1.82, 2.24) is 15.1 Å². The van der Waals surface area contributed by atoms with Crippen LogP contribution in [0.4, 0.5) is 0 Å². The van der Waals surface area contributed by atoms with Gasteiger partial charge in [-0.1, -0.05) is 18.5 Å². The van der Waals surface area contributed by atoms with E-state index in [1.54, 1.807) is 10.9 Å². The Morgan fingerprint density at radius 2 is 2.32 bits per heavy atom. The van der Waals surface area contributed by atoms with Crippen LogP contribution in [0.3, 0.4) is 0 Å². The molecule has 0 aliphatic carbocycles. The fourth-order valence-electron chi connectivity index (χ4n) is 2.19. The summed E-state index contributed by atoms with van der Waals surface area (Å²) >= 11 is 6.30. The van der Waals surface area contributed by atoms with Gasteiger partial charge in [0.25, 0.3) is 0 Å². The zero-order valence-electron chi connectivity index (χ0n) is 11.6. The molecule has 0 saturated carbocycles. The first kappa shape index (κ1) is 14.2. The summed E-state index contributed by atoms with van der Waals surface area (Å²) in [6.07, 6.45) is 3.57. The molecule has 0 fully saturated rings. The number of furan rings is 1. The standard InChI is InChI=1S/C14H20ClN3O/c1-4-7-16-12(13-6-5-8-19-13)9-11-10(2)17-18(3)14(11)15/h5-6,8,12,16H,4,7,9H2,1-3H3. The number of rotatable bonds is 6. The average molecular weight is 282 g/mol. The maximum absolute atomic E-state index is 6.30. The van der Waals surface area contributed by atoms with Crippen LogP contribution in [0.25, 0.3) is 0 Å². The van der Waals surface area contributed by atoms with Crippen LogP contribution in [0.1, 0.15) is 36.4 Å². The quantitative estimate of drug-likeness (QED) is 0.884. The number of hydrogen-bond donors (Lipinski definition) is 1. The summed E-state index contributed by atoms with van der Waals surface area (Å²) in [6, 6.07) is 4.04. The van der Waals surface area contributed by atoms with Gasteiger partial charge in [-0.3, -0.25) is 4.68 Å². The Kier molecular flexibility index (Phi) is 4.66. The SMILES string of the molecule is CCCNC(Cc1c(C)nn(C)c1Cl)c1ccco1. The van der Waals surface area contributed by atoms with Gasteiger partial charge in [-0.05, 0) is 38.4 Å². The predicted octanol–water partition coefficient (Wildman–Crippen LogP) is 3.26. The Hall–Kier alpha value is -1.26. The van der Waals surface area contributed by atoms with Gasteiger partial charge < -0.3 is 9.73 Å². The van der Waals surface area contributed by atoms with Crippen LogP contribution < -0.4 is 5.32 Å². The van der Waals surface area contributed by atoms with E-state index >= 15 is 0 Å². The second-order valence-electron chi connectivity index (χ2n) is 4.70. The third-order valence-corrected chi connectivity index (χ3v) is 3.68. The minimum atomic E-state index is 0.135. The van der Waals surface area contributed by atoms with Crippen LogP contribution >= 0.6 is 11.6 Å². The van der Waals surface area contributed by atoms with Crippen LogP contribution in [-0.4, -0.2) is 16.3 Å². The Bertz CT molecular complexity index is 519. The molecule has 0 spiro atoms. The maximum atomic E-state index is 6.30. The van der Waals surface area contributed by atoms with Crippen molar-refractivity contribution in [2.24, 2.45) is 7.05 Å². The number of aromatic nitrogens is 2. The summed E-state index contributed by atoms with van der Waals surface area (Å²) in [6.45, 7) is 5.08. The lowest BCUT2D eigenvalue weighted by Gasteiger charge is -2.16. The second kappa shape index (κ2) is 6.26. The van der Waals surface area contributed by atoms with E-state index in [0.29, 0.717) is 5.15 Å². The minimum absolute atomic E-state index is 0.135. The highest BCUT2D eigenvalue weighted by Crippen LogP contribution is 2.26. The molecule has 0 bridgehead atoms. The Morgan fingerprint density at radius 3 is 2.84 bits per heavy atom. The molecule has 0 radical (unpaired) electrons. The number of aryl methyl sites for hydroxylation is 2. The van der Waals surface area contributed by atoms with Crippen molar-refractivity contribution in [3.05, 3.63) is 40.6 Å². The third kappa shape index (κ3) is 3.19. The van der Waals surface area contributed by atoms with Crippen molar-refractivity contribution in [1.29, 1.82) is 0 Å². The molecule has 5 heteroatoms. The molecule has 1 unspecified atom stereocenters. The lowest BCUT2D eigenvalue weighted by atomic mass is 10.0. The molecular formula is C14H20ClN3O. The number of nitrogens with one attached hydrogen (secondary N) is 1. The normalized spacial score (nSPS) is 12.8. The van der Waals surface area contributed by atoms with Crippen molar-refractivity contribution in [3.8, 4) is 0 Å². The first-order chi connectivity index (χ1) is 9.13. The molecule has 2 rings (SSSR count). The van der Waals surface area contributed by atoms with E-state index in [0.717, 1.165) is 36.4 Å². The summed E-state index contributed by atoms with van der Waals surface area (Å²) in [7, 11) is 1.86. The third-order valence-electron chi connectivity index (χ3n) is 3.21. The minimum Gasteiger partial charge on any atom is -0.468 e. The van der Waals surface area contributed by atoms with Gasteiger partial charge in [0.1, 0.15) is 10.9 Å². The van der Waals surface area contributed by atoms with Gasteiger partial charge in [0.05, 0.1) is 18.0 Å². The highest BCUT2D eigenvalue weighted by atomic mass is 35.5. The molecule has 19 heavy (non-hydrogen) atoms. The molecule has 2 aromatic heterocycles. The van der Waals surface area contributed by atoms with Gasteiger partial charge in [-0.2, -0.15) is 5.10 Å². The van der Waals surface area contributed by atoms with Gasteiger partial charge in [-0.25, -0.2) is 0 Å². The van der Waals surface area contributed by atoms with E-state index in [1.165, 1.54) is 0 Å². The number of hydrogen-bond acceptors (Lipinski definition) is 3. The van der Waals surface area contributed by atoms with E-state index in [2.05, 4.69) is 17.3 Å². The summed E-state index contributed by atoms with van der Waals surface area (Å²) in [5, 5.41) is 8.55. The zero-order valence-corrected chi connectivity index (χ0v) is 12.4. The first-order valence-corrected chi connectivity index (χ1v) is 6.96. The van der Waals surface area contributed by atoms with Crippen molar-refractivity contribution in [2.45, 2.75) is 32.7 Å². The molecule has 2 aromatic rings. The average Bonchev–Trinajstić information content (AvgIpc) is 2.98. The van der Waals surface area contributed by atoms with Crippen molar-refractivity contribution >= 4 is 11.6 Å². The van der Waals surface area contributed by atoms with Crippen molar-refractivity contribution in [3.63, 3.8) is 0 Å². The van der Waals surface area contributed by atoms with E-state index < -0.39 is 0 Å². The van der Waals surface area contributed by atoms with E-state index in [-0.39, 0.29) is 6.04 Å². The van der Waals surface area contributed by atoms with Crippen LogP contribution in [-0.2, 0) is 13.5 Å². The molecule has 1 N–H and O–H groups in total. The Morgan fingerprint density at radius 1 is 1.53 bits per heavy atom. The monoisotopic (exact) mass is 281 g/mol. The molecule has 0 aromatic carbocycles. The van der Waals surface area contributed by atoms with E-state index in [9.17, 15) is 0 Å². The summed E-state index contributed by atoms with van der Waals surface area (Å²) in [5.74, 6) is 0.938. The maximum Gasteiger partial charge on any atom is 0.130 e. The van der Waals surface area contributed by atoms with E-state index in [1.807, 2.05) is 26.1 Å². The predicted molar refractivity (Wildman–Crippen MR) is 76.4 cm³/mol. The highest BCUT2D eigenvalue weighted by Gasteiger charge is 2.19.